The maximum atomic E-state index is 2.48. The molecule has 2 aliphatic heterocycles. The Bertz CT molecular complexity index is 532. The summed E-state index contributed by atoms with van der Waals surface area (Å²) in [6, 6.07) is 13.7. The topological polar surface area (TPSA) is 8.17 Å². The Morgan fingerprint density at radius 2 is 1.94 bits per heavy atom. The van der Waals surface area contributed by atoms with Crippen molar-refractivity contribution in [1.29, 1.82) is 0 Å². The summed E-state index contributed by atoms with van der Waals surface area (Å²) < 4.78 is 2.35. The third-order valence-electron chi connectivity index (χ3n) is 3.53. The molecule has 0 N–H and O–H groups in total. The Labute approximate surface area is 97.1 Å². The van der Waals surface area contributed by atoms with Crippen molar-refractivity contribution in [2.75, 3.05) is 4.90 Å². The predicted molar refractivity (Wildman–Crippen MR) is 66.3 cm³/mol. The van der Waals surface area contributed by atoms with Crippen LogP contribution in [0.3, 0.4) is 0 Å². The average molecular weight is 207 g/mol. The number of hydrogen-bond acceptors (Lipinski definition) is 1. The standard InChI is InChI=1S/C13H12N2.B/c1-2-5-12-10(4-1)8-11-9-14-7-3-6-13(14)15(11)12;/h1-7,11H,8-9H2;. The molecule has 0 aliphatic carbocycles. The van der Waals surface area contributed by atoms with Crippen LogP contribution in [-0.4, -0.2) is 19.0 Å². The van der Waals surface area contributed by atoms with Gasteiger partial charge in [-0.2, -0.15) is 0 Å². The highest BCUT2D eigenvalue weighted by atomic mass is 15.3. The van der Waals surface area contributed by atoms with Crippen molar-refractivity contribution in [2.24, 2.45) is 0 Å². The largest absolute Gasteiger partial charge is 0.332 e. The molecule has 0 saturated heterocycles. The first kappa shape index (κ1) is 9.58. The molecule has 77 valence electrons. The highest BCUT2D eigenvalue weighted by Gasteiger charge is 2.36. The number of fused-ring (bicyclic) bond motifs is 5. The maximum absolute atomic E-state index is 2.48. The number of aromatic nitrogens is 1. The zero-order valence-electron chi connectivity index (χ0n) is 9.00. The smallest absolute Gasteiger partial charge is 0.113 e. The highest BCUT2D eigenvalue weighted by Crippen LogP contribution is 2.42. The number of rotatable bonds is 0. The molecule has 0 spiro atoms. The number of nitrogens with zero attached hydrogens (tertiary/aromatic N) is 2. The molecular formula is C13H12BN2. The summed E-state index contributed by atoms with van der Waals surface area (Å²) in [7, 11) is 0. The second kappa shape index (κ2) is 3.18. The molecule has 0 bridgehead atoms. The van der Waals surface area contributed by atoms with E-state index in [9.17, 15) is 0 Å². The van der Waals surface area contributed by atoms with E-state index in [0.717, 1.165) is 6.54 Å². The quantitative estimate of drug-likeness (QED) is 0.601. The second-order valence-corrected chi connectivity index (χ2v) is 4.38. The van der Waals surface area contributed by atoms with Crippen molar-refractivity contribution in [3.63, 3.8) is 0 Å². The summed E-state index contributed by atoms with van der Waals surface area (Å²) in [4.78, 5) is 2.48. The zero-order valence-corrected chi connectivity index (χ0v) is 9.00. The first-order valence-corrected chi connectivity index (χ1v) is 5.46. The lowest BCUT2D eigenvalue weighted by Crippen LogP contribution is -2.22. The molecule has 3 radical (unpaired) electrons. The fourth-order valence-electron chi connectivity index (χ4n) is 2.92. The first-order valence-electron chi connectivity index (χ1n) is 5.46. The lowest BCUT2D eigenvalue weighted by molar-refractivity contribution is 0.638. The molecule has 0 amide bonds. The second-order valence-electron chi connectivity index (χ2n) is 4.38. The van der Waals surface area contributed by atoms with Gasteiger partial charge in [0.1, 0.15) is 5.82 Å². The molecular weight excluding hydrogens is 195 g/mol. The van der Waals surface area contributed by atoms with Gasteiger partial charge in [-0.05, 0) is 30.2 Å². The van der Waals surface area contributed by atoms with E-state index in [1.807, 2.05) is 0 Å². The Balaban J connectivity index is 0.000000810. The van der Waals surface area contributed by atoms with E-state index >= 15 is 0 Å². The van der Waals surface area contributed by atoms with Gasteiger partial charge in [-0.15, -0.1) is 0 Å². The van der Waals surface area contributed by atoms with Crippen LogP contribution >= 0.6 is 0 Å². The SMILES string of the molecule is [B].c1ccc2c(c1)CC1Cn3cccc3N21. The number of para-hydroxylation sites is 1. The van der Waals surface area contributed by atoms with Crippen LogP contribution in [0.2, 0.25) is 0 Å². The Kier molecular flexibility index (Phi) is 1.90. The lowest BCUT2D eigenvalue weighted by atomic mass is 10.1. The van der Waals surface area contributed by atoms with Crippen molar-refractivity contribution in [2.45, 2.75) is 19.0 Å². The summed E-state index contributed by atoms with van der Waals surface area (Å²) in [5.41, 5.74) is 2.90. The van der Waals surface area contributed by atoms with E-state index in [2.05, 4.69) is 52.1 Å². The molecule has 0 fully saturated rings. The van der Waals surface area contributed by atoms with Crippen LogP contribution in [0.25, 0.3) is 0 Å². The summed E-state index contributed by atoms with van der Waals surface area (Å²) in [6.45, 7) is 1.14. The van der Waals surface area contributed by atoms with Crippen molar-refractivity contribution in [1.82, 2.24) is 4.57 Å². The molecule has 1 aromatic carbocycles. The van der Waals surface area contributed by atoms with Crippen LogP contribution in [0, 0.1) is 0 Å². The fraction of sp³-hybridized carbons (Fsp3) is 0.231. The van der Waals surface area contributed by atoms with Crippen molar-refractivity contribution in [3.8, 4) is 0 Å². The lowest BCUT2D eigenvalue weighted by Gasteiger charge is -2.17. The van der Waals surface area contributed by atoms with Crippen LogP contribution in [0.1, 0.15) is 5.56 Å². The Hall–Kier alpha value is -1.64. The minimum Gasteiger partial charge on any atom is -0.332 e. The van der Waals surface area contributed by atoms with Gasteiger partial charge in [0.15, 0.2) is 0 Å². The average Bonchev–Trinajstić information content (AvgIpc) is 2.85. The minimum absolute atomic E-state index is 0. The fourth-order valence-corrected chi connectivity index (χ4v) is 2.92. The minimum atomic E-state index is 0. The molecule has 4 rings (SSSR count). The zero-order chi connectivity index (χ0) is 9.83. The van der Waals surface area contributed by atoms with Gasteiger partial charge < -0.3 is 9.47 Å². The molecule has 1 unspecified atom stereocenters. The van der Waals surface area contributed by atoms with E-state index < -0.39 is 0 Å². The van der Waals surface area contributed by atoms with E-state index in [4.69, 9.17) is 0 Å². The summed E-state index contributed by atoms with van der Waals surface area (Å²) in [6.07, 6.45) is 3.37. The van der Waals surface area contributed by atoms with Crippen LogP contribution < -0.4 is 4.90 Å². The van der Waals surface area contributed by atoms with Gasteiger partial charge in [0.25, 0.3) is 0 Å². The molecule has 2 aromatic rings. The van der Waals surface area contributed by atoms with Crippen LogP contribution in [-0.2, 0) is 13.0 Å². The normalized spacial score (nSPS) is 20.0. The van der Waals surface area contributed by atoms with Crippen molar-refractivity contribution < 1.29 is 0 Å². The Morgan fingerprint density at radius 1 is 1.06 bits per heavy atom. The van der Waals surface area contributed by atoms with Crippen LogP contribution in [0.4, 0.5) is 11.5 Å². The molecule has 2 aliphatic rings. The summed E-state index contributed by atoms with van der Waals surface area (Å²) >= 11 is 0. The molecule has 0 saturated carbocycles. The molecule has 2 nitrogen and oxygen atoms in total. The highest BCUT2D eigenvalue weighted by molar-refractivity contribution is 5.75. The molecule has 3 heteroatoms. The van der Waals surface area contributed by atoms with Gasteiger partial charge in [-0.3, -0.25) is 0 Å². The molecule has 3 heterocycles. The van der Waals surface area contributed by atoms with E-state index in [1.165, 1.54) is 23.5 Å². The van der Waals surface area contributed by atoms with Gasteiger partial charge in [0, 0.05) is 26.8 Å². The molecule has 1 aromatic heterocycles. The van der Waals surface area contributed by atoms with Crippen molar-refractivity contribution in [3.05, 3.63) is 48.2 Å². The summed E-state index contributed by atoms with van der Waals surface area (Å²) in [5, 5.41) is 0. The third kappa shape index (κ3) is 1.03. The number of benzene rings is 1. The van der Waals surface area contributed by atoms with E-state index in [0.29, 0.717) is 6.04 Å². The van der Waals surface area contributed by atoms with Gasteiger partial charge in [-0.1, -0.05) is 18.2 Å². The monoisotopic (exact) mass is 207 g/mol. The molecule has 16 heavy (non-hydrogen) atoms. The van der Waals surface area contributed by atoms with Gasteiger partial charge >= 0.3 is 0 Å². The van der Waals surface area contributed by atoms with Crippen LogP contribution in [0.5, 0.6) is 0 Å². The van der Waals surface area contributed by atoms with Gasteiger partial charge in [0.2, 0.25) is 0 Å². The van der Waals surface area contributed by atoms with Crippen LogP contribution in [0.15, 0.2) is 42.6 Å². The van der Waals surface area contributed by atoms with E-state index in [-0.39, 0.29) is 8.41 Å². The maximum Gasteiger partial charge on any atom is 0.113 e. The van der Waals surface area contributed by atoms with Crippen molar-refractivity contribution >= 4 is 19.9 Å². The number of hydrogen-bond donors (Lipinski definition) is 0. The number of anilines is 2. The van der Waals surface area contributed by atoms with Gasteiger partial charge in [-0.25, -0.2) is 0 Å². The first-order chi connectivity index (χ1) is 7.43. The Morgan fingerprint density at radius 3 is 2.88 bits per heavy atom. The summed E-state index contributed by atoms with van der Waals surface area (Å²) in [5.74, 6) is 1.35. The predicted octanol–water partition coefficient (Wildman–Crippen LogP) is 2.18. The van der Waals surface area contributed by atoms with Gasteiger partial charge in [0.05, 0.1) is 6.04 Å². The van der Waals surface area contributed by atoms with E-state index in [1.54, 1.807) is 0 Å². The third-order valence-corrected chi connectivity index (χ3v) is 3.53. The molecule has 1 atom stereocenters.